The molecule has 6 heteroatoms. The van der Waals surface area contributed by atoms with E-state index in [2.05, 4.69) is 16.1 Å². The first-order valence-corrected chi connectivity index (χ1v) is 8.76. The smallest absolute Gasteiger partial charge is 0.387 e. The third kappa shape index (κ3) is 4.64. The van der Waals surface area contributed by atoms with Gasteiger partial charge < -0.3 is 14.8 Å². The minimum atomic E-state index is -2.99. The van der Waals surface area contributed by atoms with Gasteiger partial charge in [-0.1, -0.05) is 36.4 Å². The van der Waals surface area contributed by atoms with E-state index in [0.717, 1.165) is 24.8 Å². The van der Waals surface area contributed by atoms with Crippen LogP contribution in [0.2, 0.25) is 0 Å². The van der Waals surface area contributed by atoms with Gasteiger partial charge in [0, 0.05) is 11.6 Å². The first-order valence-electron chi connectivity index (χ1n) is 8.76. The first kappa shape index (κ1) is 18.9. The molecule has 0 radical (unpaired) electrons. The highest BCUT2D eigenvalue weighted by Crippen LogP contribution is 2.33. The lowest BCUT2D eigenvalue weighted by Crippen LogP contribution is -2.29. The Hall–Kier alpha value is -2.89. The zero-order valence-corrected chi connectivity index (χ0v) is 15.0. The van der Waals surface area contributed by atoms with Crippen molar-refractivity contribution in [3.8, 4) is 11.5 Å². The van der Waals surface area contributed by atoms with Gasteiger partial charge >= 0.3 is 6.61 Å². The van der Waals surface area contributed by atoms with Crippen molar-refractivity contribution in [1.82, 2.24) is 5.32 Å². The van der Waals surface area contributed by atoms with E-state index in [0.29, 0.717) is 5.56 Å². The number of para-hydroxylation sites is 1. The lowest BCUT2D eigenvalue weighted by atomic mass is 9.88. The van der Waals surface area contributed by atoms with Gasteiger partial charge in [0.1, 0.15) is 0 Å². The van der Waals surface area contributed by atoms with Crippen molar-refractivity contribution < 1.29 is 23.0 Å². The molecule has 27 heavy (non-hydrogen) atoms. The van der Waals surface area contributed by atoms with Gasteiger partial charge in [-0.3, -0.25) is 4.79 Å². The topological polar surface area (TPSA) is 47.6 Å². The molecule has 1 N–H and O–H groups in total. The Bertz CT molecular complexity index is 836. The standard InChI is InChI=1S/C21H21F2NO3/c1-26-18-11-5-8-15(20(18)27-21(22)23)12-13-19(25)24-17-10-4-7-14-6-2-3-9-16(14)17/h2-3,5-6,8-9,11-13,17,21H,4,7,10H2,1H3,(H,24,25)/b13-12+. The third-order valence-corrected chi connectivity index (χ3v) is 4.54. The fourth-order valence-corrected chi connectivity index (χ4v) is 3.33. The maximum Gasteiger partial charge on any atom is 0.387 e. The van der Waals surface area contributed by atoms with Crippen LogP contribution in [0.5, 0.6) is 11.5 Å². The van der Waals surface area contributed by atoms with Crippen LogP contribution in [0.1, 0.15) is 35.6 Å². The third-order valence-electron chi connectivity index (χ3n) is 4.54. The quantitative estimate of drug-likeness (QED) is 0.758. The summed E-state index contributed by atoms with van der Waals surface area (Å²) in [5.74, 6) is -0.205. The van der Waals surface area contributed by atoms with E-state index < -0.39 is 6.61 Å². The van der Waals surface area contributed by atoms with E-state index in [-0.39, 0.29) is 23.4 Å². The van der Waals surface area contributed by atoms with Gasteiger partial charge in [0.05, 0.1) is 13.2 Å². The van der Waals surface area contributed by atoms with Gasteiger partial charge in [-0.2, -0.15) is 8.78 Å². The zero-order valence-electron chi connectivity index (χ0n) is 15.0. The maximum atomic E-state index is 12.7. The van der Waals surface area contributed by atoms with Crippen molar-refractivity contribution in [1.29, 1.82) is 0 Å². The van der Waals surface area contributed by atoms with Crippen LogP contribution in [0, 0.1) is 0 Å². The summed E-state index contributed by atoms with van der Waals surface area (Å²) in [6, 6.07) is 12.8. The number of benzene rings is 2. The number of nitrogens with one attached hydrogen (secondary N) is 1. The van der Waals surface area contributed by atoms with Gasteiger partial charge in [-0.25, -0.2) is 0 Å². The van der Waals surface area contributed by atoms with Crippen LogP contribution < -0.4 is 14.8 Å². The van der Waals surface area contributed by atoms with Crippen LogP contribution in [-0.4, -0.2) is 19.6 Å². The van der Waals surface area contributed by atoms with E-state index in [1.807, 2.05) is 18.2 Å². The van der Waals surface area contributed by atoms with Crippen molar-refractivity contribution in [2.45, 2.75) is 31.9 Å². The number of ether oxygens (including phenoxy) is 2. The summed E-state index contributed by atoms with van der Waals surface area (Å²) in [7, 11) is 1.37. The maximum absolute atomic E-state index is 12.7. The molecule has 1 atom stereocenters. The molecular weight excluding hydrogens is 352 g/mol. The molecule has 1 aliphatic rings. The van der Waals surface area contributed by atoms with Gasteiger partial charge in [0.15, 0.2) is 11.5 Å². The Morgan fingerprint density at radius 1 is 1.22 bits per heavy atom. The fraction of sp³-hybridized carbons (Fsp3) is 0.286. The molecule has 0 aliphatic heterocycles. The Kier molecular flexibility index (Phi) is 6.06. The first-order chi connectivity index (χ1) is 13.1. The summed E-state index contributed by atoms with van der Waals surface area (Å²) < 4.78 is 35.0. The number of rotatable bonds is 6. The number of methoxy groups -OCH3 is 1. The Balaban J connectivity index is 1.74. The summed E-state index contributed by atoms with van der Waals surface area (Å²) in [6.45, 7) is -2.99. The Morgan fingerprint density at radius 2 is 2.04 bits per heavy atom. The summed E-state index contributed by atoms with van der Waals surface area (Å²) in [5.41, 5.74) is 2.72. The molecule has 1 unspecified atom stereocenters. The molecule has 0 aromatic heterocycles. The number of amides is 1. The minimum Gasteiger partial charge on any atom is -0.493 e. The summed E-state index contributed by atoms with van der Waals surface area (Å²) >= 11 is 0. The van der Waals surface area contributed by atoms with Gasteiger partial charge in [-0.05, 0) is 42.5 Å². The van der Waals surface area contributed by atoms with Crippen LogP contribution in [0.15, 0.2) is 48.5 Å². The molecule has 0 fully saturated rings. The molecule has 0 bridgehead atoms. The number of alkyl halides is 2. The number of aryl methyl sites for hydroxylation is 1. The minimum absolute atomic E-state index is 0.0470. The Morgan fingerprint density at radius 3 is 2.81 bits per heavy atom. The molecule has 2 aromatic rings. The Labute approximate surface area is 156 Å². The summed E-state index contributed by atoms with van der Waals surface area (Å²) in [5, 5.41) is 2.99. The largest absolute Gasteiger partial charge is 0.493 e. The molecule has 0 heterocycles. The number of hydrogen-bond acceptors (Lipinski definition) is 3. The van der Waals surface area contributed by atoms with Gasteiger partial charge in [-0.15, -0.1) is 0 Å². The van der Waals surface area contributed by atoms with Crippen LogP contribution in [-0.2, 0) is 11.2 Å². The predicted octanol–water partition coefficient (Wildman–Crippen LogP) is 4.50. The predicted molar refractivity (Wildman–Crippen MR) is 98.9 cm³/mol. The fourth-order valence-electron chi connectivity index (χ4n) is 3.33. The van der Waals surface area contributed by atoms with Crippen molar-refractivity contribution >= 4 is 12.0 Å². The average Bonchev–Trinajstić information content (AvgIpc) is 2.67. The highest BCUT2D eigenvalue weighted by atomic mass is 19.3. The monoisotopic (exact) mass is 373 g/mol. The number of hydrogen-bond donors (Lipinski definition) is 1. The molecule has 2 aromatic carbocycles. The number of carbonyl (C=O) groups is 1. The lowest BCUT2D eigenvalue weighted by molar-refractivity contribution is -0.117. The second kappa shape index (κ2) is 8.66. The average molecular weight is 373 g/mol. The SMILES string of the molecule is COc1cccc(/C=C/C(=O)NC2CCCc3ccccc32)c1OC(F)F. The molecule has 0 saturated heterocycles. The van der Waals surface area contributed by atoms with E-state index >= 15 is 0 Å². The molecule has 4 nitrogen and oxygen atoms in total. The highest BCUT2D eigenvalue weighted by Gasteiger charge is 2.20. The lowest BCUT2D eigenvalue weighted by Gasteiger charge is -2.25. The van der Waals surface area contributed by atoms with Crippen LogP contribution >= 0.6 is 0 Å². The van der Waals surface area contributed by atoms with E-state index in [9.17, 15) is 13.6 Å². The molecular formula is C21H21F2NO3. The summed E-state index contributed by atoms with van der Waals surface area (Å²) in [6.07, 6.45) is 5.66. The molecule has 1 aliphatic carbocycles. The highest BCUT2D eigenvalue weighted by molar-refractivity contribution is 5.92. The second-order valence-corrected chi connectivity index (χ2v) is 6.24. The van der Waals surface area contributed by atoms with E-state index in [4.69, 9.17) is 4.74 Å². The van der Waals surface area contributed by atoms with E-state index in [1.54, 1.807) is 12.1 Å². The molecule has 0 spiro atoms. The number of fused-ring (bicyclic) bond motifs is 1. The van der Waals surface area contributed by atoms with Crippen LogP contribution in [0.25, 0.3) is 6.08 Å². The van der Waals surface area contributed by atoms with Crippen molar-refractivity contribution in [2.75, 3.05) is 7.11 Å². The molecule has 142 valence electrons. The number of carbonyl (C=O) groups excluding carboxylic acids is 1. The van der Waals surface area contributed by atoms with Crippen molar-refractivity contribution in [3.63, 3.8) is 0 Å². The van der Waals surface area contributed by atoms with Gasteiger partial charge in [0.2, 0.25) is 5.91 Å². The number of halogens is 2. The normalized spacial score (nSPS) is 16.2. The molecule has 1 amide bonds. The van der Waals surface area contributed by atoms with E-state index in [1.165, 1.54) is 30.9 Å². The summed E-state index contributed by atoms with van der Waals surface area (Å²) in [4.78, 5) is 12.4. The van der Waals surface area contributed by atoms with Crippen molar-refractivity contribution in [2.24, 2.45) is 0 Å². The second-order valence-electron chi connectivity index (χ2n) is 6.24. The molecule has 0 saturated carbocycles. The van der Waals surface area contributed by atoms with Crippen molar-refractivity contribution in [3.05, 3.63) is 65.2 Å². The molecule has 3 rings (SSSR count). The van der Waals surface area contributed by atoms with Gasteiger partial charge in [0.25, 0.3) is 0 Å². The van der Waals surface area contributed by atoms with Crippen LogP contribution in [0.4, 0.5) is 8.78 Å². The zero-order chi connectivity index (χ0) is 19.2. The van der Waals surface area contributed by atoms with Crippen LogP contribution in [0.3, 0.4) is 0 Å².